The molecule has 7 heteroatoms. The van der Waals surface area contributed by atoms with Crippen molar-refractivity contribution in [1.82, 2.24) is 0 Å². The molecule has 0 saturated heterocycles. The highest BCUT2D eigenvalue weighted by molar-refractivity contribution is 9.10. The molecule has 0 heterocycles. The highest BCUT2D eigenvalue weighted by atomic mass is 79.9. The molecule has 0 fully saturated rings. The number of benzene rings is 1. The topological polar surface area (TPSA) is 80.7 Å². The van der Waals surface area contributed by atoms with Gasteiger partial charge in [-0.2, -0.15) is 0 Å². The molecule has 1 aromatic rings. The van der Waals surface area contributed by atoms with Crippen LogP contribution in [0.4, 0.5) is 0 Å². The number of ether oxygens (including phenoxy) is 1. The fourth-order valence-electron chi connectivity index (χ4n) is 1.25. The predicted molar refractivity (Wildman–Crippen MR) is 70.9 cm³/mol. The van der Waals surface area contributed by atoms with Crippen LogP contribution in [0.2, 0.25) is 0 Å². The number of rotatable bonds is 6. The third-order valence-electron chi connectivity index (χ3n) is 2.10. The summed E-state index contributed by atoms with van der Waals surface area (Å²) in [5.74, 6) is -0.453. The highest BCUT2D eigenvalue weighted by Crippen LogP contribution is 2.26. The third kappa shape index (κ3) is 5.05. The molecule has 0 aliphatic rings. The van der Waals surface area contributed by atoms with Crippen molar-refractivity contribution in [3.05, 3.63) is 28.2 Å². The maximum absolute atomic E-state index is 10.9. The van der Waals surface area contributed by atoms with Crippen LogP contribution >= 0.6 is 15.9 Å². The van der Waals surface area contributed by atoms with E-state index in [9.17, 15) is 13.2 Å². The minimum atomic E-state index is -2.98. The van der Waals surface area contributed by atoms with Crippen LogP contribution in [-0.4, -0.2) is 38.1 Å². The number of hydrogen-bond acceptors (Lipinski definition) is 4. The Kier molecular flexibility index (Phi) is 5.15. The van der Waals surface area contributed by atoms with E-state index in [0.717, 1.165) is 0 Å². The molecule has 0 amide bonds. The molecule has 5 nitrogen and oxygen atoms in total. The smallest absolute Gasteiger partial charge is 0.335 e. The van der Waals surface area contributed by atoms with Crippen LogP contribution in [0.15, 0.2) is 22.7 Å². The van der Waals surface area contributed by atoms with Gasteiger partial charge < -0.3 is 9.84 Å². The lowest BCUT2D eigenvalue weighted by atomic mass is 10.2. The molecular weight excluding hydrogens is 324 g/mol. The molecule has 0 aliphatic carbocycles. The highest BCUT2D eigenvalue weighted by Gasteiger charge is 2.08. The third-order valence-corrected chi connectivity index (χ3v) is 3.75. The first kappa shape index (κ1) is 15.0. The number of carbonyl (C=O) groups is 1. The second-order valence-corrected chi connectivity index (χ2v) is 6.90. The minimum absolute atomic E-state index is 0.0673. The van der Waals surface area contributed by atoms with Crippen LogP contribution in [0.3, 0.4) is 0 Å². The summed E-state index contributed by atoms with van der Waals surface area (Å²) < 4.78 is 27.7. The van der Waals surface area contributed by atoms with Gasteiger partial charge in [0.2, 0.25) is 0 Å². The predicted octanol–water partition coefficient (Wildman–Crippen LogP) is 1.96. The average molecular weight is 337 g/mol. The van der Waals surface area contributed by atoms with Gasteiger partial charge in [-0.1, -0.05) is 0 Å². The zero-order valence-corrected chi connectivity index (χ0v) is 12.1. The zero-order chi connectivity index (χ0) is 13.8. The average Bonchev–Trinajstić information content (AvgIpc) is 2.24. The van der Waals surface area contributed by atoms with E-state index < -0.39 is 15.8 Å². The van der Waals surface area contributed by atoms with Gasteiger partial charge >= 0.3 is 5.97 Å². The number of carboxylic acid groups (broad SMARTS) is 1. The maximum Gasteiger partial charge on any atom is 0.335 e. The maximum atomic E-state index is 10.9. The van der Waals surface area contributed by atoms with E-state index in [4.69, 9.17) is 9.84 Å². The summed E-state index contributed by atoms with van der Waals surface area (Å²) in [7, 11) is -2.98. The summed E-state index contributed by atoms with van der Waals surface area (Å²) >= 11 is 3.20. The normalized spacial score (nSPS) is 11.2. The van der Waals surface area contributed by atoms with E-state index in [-0.39, 0.29) is 17.9 Å². The summed E-state index contributed by atoms with van der Waals surface area (Å²) in [6.45, 7) is 0.262. The minimum Gasteiger partial charge on any atom is -0.492 e. The molecule has 0 unspecified atom stereocenters. The van der Waals surface area contributed by atoms with Gasteiger partial charge in [-0.15, -0.1) is 0 Å². The van der Waals surface area contributed by atoms with E-state index >= 15 is 0 Å². The summed E-state index contributed by atoms with van der Waals surface area (Å²) in [5, 5.41) is 8.78. The van der Waals surface area contributed by atoms with E-state index in [0.29, 0.717) is 16.6 Å². The van der Waals surface area contributed by atoms with Crippen molar-refractivity contribution in [1.29, 1.82) is 0 Å². The second-order valence-electron chi connectivity index (χ2n) is 3.78. The molecule has 1 aromatic carbocycles. The van der Waals surface area contributed by atoms with Crippen LogP contribution in [0.25, 0.3) is 0 Å². The van der Waals surface area contributed by atoms with Gasteiger partial charge in [-0.3, -0.25) is 0 Å². The molecule has 100 valence electrons. The SMILES string of the molecule is CS(=O)(=O)CCCOc1ccc(C(=O)O)cc1Br. The molecule has 1 rings (SSSR count). The quantitative estimate of drug-likeness (QED) is 0.803. The lowest BCUT2D eigenvalue weighted by molar-refractivity contribution is 0.0696. The van der Waals surface area contributed by atoms with Crippen LogP contribution in [-0.2, 0) is 9.84 Å². The Balaban J connectivity index is 2.56. The molecule has 0 atom stereocenters. The number of aromatic carboxylic acids is 1. The molecule has 18 heavy (non-hydrogen) atoms. The summed E-state index contributed by atoms with van der Waals surface area (Å²) in [5.41, 5.74) is 0.158. The Hall–Kier alpha value is -1.08. The zero-order valence-electron chi connectivity index (χ0n) is 9.72. The van der Waals surface area contributed by atoms with Crippen molar-refractivity contribution in [3.63, 3.8) is 0 Å². The molecule has 0 bridgehead atoms. The number of carboxylic acids is 1. The first-order valence-electron chi connectivity index (χ1n) is 5.13. The molecule has 0 radical (unpaired) electrons. The Morgan fingerprint density at radius 1 is 1.44 bits per heavy atom. The van der Waals surface area contributed by atoms with Crippen LogP contribution in [0, 0.1) is 0 Å². The van der Waals surface area contributed by atoms with Gasteiger partial charge in [0.05, 0.1) is 22.4 Å². The van der Waals surface area contributed by atoms with Gasteiger partial charge in [0.1, 0.15) is 15.6 Å². The van der Waals surface area contributed by atoms with Crippen molar-refractivity contribution in [2.24, 2.45) is 0 Å². The summed E-state index contributed by atoms with van der Waals surface area (Å²) in [6.07, 6.45) is 1.57. The first-order chi connectivity index (χ1) is 8.29. The van der Waals surface area contributed by atoms with E-state index in [1.165, 1.54) is 24.5 Å². The molecule has 1 N–H and O–H groups in total. The van der Waals surface area contributed by atoms with Crippen LogP contribution in [0.1, 0.15) is 16.8 Å². The van der Waals surface area contributed by atoms with Gasteiger partial charge in [-0.25, -0.2) is 13.2 Å². The van der Waals surface area contributed by atoms with Crippen molar-refractivity contribution in [2.75, 3.05) is 18.6 Å². The molecule has 0 saturated carbocycles. The molecule has 0 aliphatic heterocycles. The number of sulfone groups is 1. The van der Waals surface area contributed by atoms with Crippen molar-refractivity contribution >= 4 is 31.7 Å². The Morgan fingerprint density at radius 2 is 2.11 bits per heavy atom. The van der Waals surface area contributed by atoms with E-state index in [2.05, 4.69) is 15.9 Å². The van der Waals surface area contributed by atoms with Gasteiger partial charge in [0.15, 0.2) is 0 Å². The largest absolute Gasteiger partial charge is 0.492 e. The fourth-order valence-corrected chi connectivity index (χ4v) is 2.39. The monoisotopic (exact) mass is 336 g/mol. The molecule has 0 aromatic heterocycles. The van der Waals surface area contributed by atoms with Gasteiger partial charge in [0.25, 0.3) is 0 Å². The van der Waals surface area contributed by atoms with Crippen LogP contribution in [0.5, 0.6) is 5.75 Å². The standard InChI is InChI=1S/C11H13BrO5S/c1-18(15,16)6-2-5-17-10-4-3-8(11(13)14)7-9(10)12/h3-4,7H,2,5-6H2,1H3,(H,13,14). The Bertz CT molecular complexity index is 538. The number of hydrogen-bond donors (Lipinski definition) is 1. The molecule has 0 spiro atoms. The van der Waals surface area contributed by atoms with Gasteiger partial charge in [0, 0.05) is 6.26 Å². The summed E-state index contributed by atoms with van der Waals surface area (Å²) in [6, 6.07) is 4.40. The van der Waals surface area contributed by atoms with Gasteiger partial charge in [-0.05, 0) is 40.5 Å². The molecular formula is C11H13BrO5S. The fraction of sp³-hybridized carbons (Fsp3) is 0.364. The lowest BCUT2D eigenvalue weighted by Gasteiger charge is -2.08. The van der Waals surface area contributed by atoms with Crippen molar-refractivity contribution in [3.8, 4) is 5.75 Å². The van der Waals surface area contributed by atoms with Crippen LogP contribution < -0.4 is 4.74 Å². The first-order valence-corrected chi connectivity index (χ1v) is 7.98. The Morgan fingerprint density at radius 3 is 2.61 bits per heavy atom. The lowest BCUT2D eigenvalue weighted by Crippen LogP contribution is -2.08. The van der Waals surface area contributed by atoms with Crippen molar-refractivity contribution < 1.29 is 23.1 Å². The van der Waals surface area contributed by atoms with E-state index in [1.54, 1.807) is 0 Å². The Labute approximate surface area is 114 Å². The van der Waals surface area contributed by atoms with Crippen molar-refractivity contribution in [2.45, 2.75) is 6.42 Å². The van der Waals surface area contributed by atoms with E-state index in [1.807, 2.05) is 0 Å². The summed E-state index contributed by atoms with van der Waals surface area (Å²) in [4.78, 5) is 10.7. The number of halogens is 1. The second kappa shape index (κ2) is 6.19.